The molecular formula is C21H27NO2S. The summed E-state index contributed by atoms with van der Waals surface area (Å²) in [6, 6.07) is 18.1. The van der Waals surface area contributed by atoms with Crippen LogP contribution >= 0.6 is 11.8 Å². The van der Waals surface area contributed by atoms with Gasteiger partial charge in [-0.05, 0) is 42.2 Å². The fraction of sp³-hybridized carbons (Fsp3) is 0.381. The minimum atomic E-state index is -0.512. The monoisotopic (exact) mass is 357 g/mol. The van der Waals surface area contributed by atoms with Gasteiger partial charge in [-0.15, -0.1) is 11.8 Å². The molecule has 4 heteroatoms. The molecule has 0 heterocycles. The number of thioether (sulfide) groups is 1. The van der Waals surface area contributed by atoms with Crippen molar-refractivity contribution in [3.05, 3.63) is 60.2 Å². The van der Waals surface area contributed by atoms with Crippen LogP contribution < -0.4 is 10.1 Å². The van der Waals surface area contributed by atoms with Gasteiger partial charge >= 0.3 is 0 Å². The SMILES string of the molecule is C[C@@H](Oc1ccc(C(C)(C)C)cc1)C(=O)NCCSc1ccccc1. The van der Waals surface area contributed by atoms with E-state index in [4.69, 9.17) is 4.74 Å². The highest BCUT2D eigenvalue weighted by atomic mass is 32.2. The van der Waals surface area contributed by atoms with Gasteiger partial charge in [0.1, 0.15) is 5.75 Å². The van der Waals surface area contributed by atoms with Gasteiger partial charge in [0.05, 0.1) is 0 Å². The molecule has 1 amide bonds. The van der Waals surface area contributed by atoms with E-state index in [9.17, 15) is 4.79 Å². The molecule has 0 spiro atoms. The molecule has 0 saturated heterocycles. The molecule has 0 aliphatic carbocycles. The molecule has 0 fully saturated rings. The number of carbonyl (C=O) groups is 1. The van der Waals surface area contributed by atoms with Crippen molar-refractivity contribution in [2.24, 2.45) is 0 Å². The first-order chi connectivity index (χ1) is 11.9. The Morgan fingerprint density at radius 3 is 2.32 bits per heavy atom. The Balaban J connectivity index is 1.74. The van der Waals surface area contributed by atoms with Crippen LogP contribution in [0.1, 0.15) is 33.3 Å². The van der Waals surface area contributed by atoms with Crippen LogP contribution in [0.3, 0.4) is 0 Å². The Morgan fingerprint density at radius 2 is 1.72 bits per heavy atom. The number of ether oxygens (including phenoxy) is 1. The van der Waals surface area contributed by atoms with Gasteiger partial charge in [0.15, 0.2) is 6.10 Å². The van der Waals surface area contributed by atoms with E-state index >= 15 is 0 Å². The highest BCUT2D eigenvalue weighted by Crippen LogP contribution is 2.24. The zero-order valence-electron chi connectivity index (χ0n) is 15.4. The summed E-state index contributed by atoms with van der Waals surface area (Å²) in [5.74, 6) is 1.46. The van der Waals surface area contributed by atoms with E-state index in [-0.39, 0.29) is 11.3 Å². The molecule has 3 nitrogen and oxygen atoms in total. The molecular weight excluding hydrogens is 330 g/mol. The van der Waals surface area contributed by atoms with E-state index in [0.29, 0.717) is 12.3 Å². The van der Waals surface area contributed by atoms with Gasteiger partial charge in [-0.2, -0.15) is 0 Å². The molecule has 25 heavy (non-hydrogen) atoms. The van der Waals surface area contributed by atoms with Crippen LogP contribution in [0.4, 0.5) is 0 Å². The van der Waals surface area contributed by atoms with Crippen molar-refractivity contribution in [3.63, 3.8) is 0 Å². The first-order valence-electron chi connectivity index (χ1n) is 8.59. The fourth-order valence-corrected chi connectivity index (χ4v) is 3.08. The summed E-state index contributed by atoms with van der Waals surface area (Å²) in [6.45, 7) is 8.91. The van der Waals surface area contributed by atoms with Crippen molar-refractivity contribution in [3.8, 4) is 5.75 Å². The number of rotatable bonds is 7. The summed E-state index contributed by atoms with van der Waals surface area (Å²) < 4.78 is 5.74. The van der Waals surface area contributed by atoms with Crippen LogP contribution in [0.15, 0.2) is 59.5 Å². The third-order valence-corrected chi connectivity index (χ3v) is 4.83. The van der Waals surface area contributed by atoms with E-state index in [2.05, 4.69) is 50.4 Å². The molecule has 0 aliphatic heterocycles. The lowest BCUT2D eigenvalue weighted by Gasteiger charge is -2.20. The minimum absolute atomic E-state index is 0.0893. The summed E-state index contributed by atoms with van der Waals surface area (Å²) in [4.78, 5) is 13.3. The molecule has 134 valence electrons. The lowest BCUT2D eigenvalue weighted by Crippen LogP contribution is -2.37. The number of carbonyl (C=O) groups excluding carboxylic acids is 1. The van der Waals surface area contributed by atoms with Crippen LogP contribution in [-0.4, -0.2) is 24.3 Å². The van der Waals surface area contributed by atoms with Crippen LogP contribution in [0.25, 0.3) is 0 Å². The first kappa shape index (κ1) is 19.4. The molecule has 1 N–H and O–H groups in total. The predicted octanol–water partition coefficient (Wildman–Crippen LogP) is 4.66. The van der Waals surface area contributed by atoms with Crippen LogP contribution in [-0.2, 0) is 10.2 Å². The highest BCUT2D eigenvalue weighted by Gasteiger charge is 2.16. The predicted molar refractivity (Wildman–Crippen MR) is 105 cm³/mol. The molecule has 2 rings (SSSR count). The van der Waals surface area contributed by atoms with Gasteiger partial charge in [0, 0.05) is 17.2 Å². The fourth-order valence-electron chi connectivity index (χ4n) is 2.29. The highest BCUT2D eigenvalue weighted by molar-refractivity contribution is 7.99. The summed E-state index contributed by atoms with van der Waals surface area (Å²) >= 11 is 1.73. The van der Waals surface area contributed by atoms with Crippen LogP contribution in [0.2, 0.25) is 0 Å². The maximum absolute atomic E-state index is 12.1. The Kier molecular flexibility index (Phi) is 6.94. The van der Waals surface area contributed by atoms with Crippen molar-refractivity contribution in [1.82, 2.24) is 5.32 Å². The zero-order chi connectivity index (χ0) is 18.3. The largest absolute Gasteiger partial charge is 0.481 e. The lowest BCUT2D eigenvalue weighted by atomic mass is 9.87. The molecule has 0 aliphatic rings. The Labute approximate surface area is 155 Å². The number of benzene rings is 2. The third kappa shape index (κ3) is 6.46. The quantitative estimate of drug-likeness (QED) is 0.578. The summed E-state index contributed by atoms with van der Waals surface area (Å²) in [5, 5.41) is 2.92. The summed E-state index contributed by atoms with van der Waals surface area (Å²) in [7, 11) is 0. The van der Waals surface area contributed by atoms with Gasteiger partial charge in [-0.3, -0.25) is 4.79 Å². The average Bonchev–Trinajstić information content (AvgIpc) is 2.59. The smallest absolute Gasteiger partial charge is 0.260 e. The Hall–Kier alpha value is -1.94. The molecule has 0 radical (unpaired) electrons. The first-order valence-corrected chi connectivity index (χ1v) is 9.57. The number of hydrogen-bond acceptors (Lipinski definition) is 3. The van der Waals surface area contributed by atoms with E-state index < -0.39 is 6.10 Å². The van der Waals surface area contributed by atoms with E-state index in [1.54, 1.807) is 18.7 Å². The molecule has 0 bridgehead atoms. The van der Waals surface area contributed by atoms with Gasteiger partial charge in [0.2, 0.25) is 0 Å². The Morgan fingerprint density at radius 1 is 1.08 bits per heavy atom. The second-order valence-corrected chi connectivity index (χ2v) is 8.16. The second-order valence-electron chi connectivity index (χ2n) is 6.99. The van der Waals surface area contributed by atoms with E-state index in [0.717, 1.165) is 5.75 Å². The topological polar surface area (TPSA) is 38.3 Å². The van der Waals surface area contributed by atoms with E-state index in [1.807, 2.05) is 30.3 Å². The van der Waals surface area contributed by atoms with Crippen molar-refractivity contribution >= 4 is 17.7 Å². The third-order valence-electron chi connectivity index (χ3n) is 3.82. The summed E-state index contributed by atoms with van der Waals surface area (Å²) in [5.41, 5.74) is 1.35. The maximum atomic E-state index is 12.1. The molecule has 2 aromatic carbocycles. The Bertz CT molecular complexity index is 663. The maximum Gasteiger partial charge on any atom is 0.260 e. The van der Waals surface area contributed by atoms with Crippen molar-refractivity contribution in [2.75, 3.05) is 12.3 Å². The average molecular weight is 358 g/mol. The minimum Gasteiger partial charge on any atom is -0.481 e. The lowest BCUT2D eigenvalue weighted by molar-refractivity contribution is -0.127. The van der Waals surface area contributed by atoms with Gasteiger partial charge in [-0.25, -0.2) is 0 Å². The van der Waals surface area contributed by atoms with E-state index in [1.165, 1.54) is 10.5 Å². The number of nitrogens with one attached hydrogen (secondary N) is 1. The van der Waals surface area contributed by atoms with Gasteiger partial charge in [-0.1, -0.05) is 51.1 Å². The second kappa shape index (κ2) is 8.95. The molecule has 0 saturated carbocycles. The van der Waals surface area contributed by atoms with Crippen molar-refractivity contribution < 1.29 is 9.53 Å². The standard InChI is InChI=1S/C21H27NO2S/c1-16(24-18-12-10-17(11-13-18)21(2,3)4)20(23)22-14-15-25-19-8-6-5-7-9-19/h5-13,16H,14-15H2,1-4H3,(H,22,23)/t16-/m1/s1. The van der Waals surface area contributed by atoms with Gasteiger partial charge in [0.25, 0.3) is 5.91 Å². The van der Waals surface area contributed by atoms with Crippen molar-refractivity contribution in [2.45, 2.75) is 44.1 Å². The zero-order valence-corrected chi connectivity index (χ0v) is 16.2. The van der Waals surface area contributed by atoms with Crippen LogP contribution in [0, 0.1) is 0 Å². The molecule has 1 atom stereocenters. The number of amides is 1. The molecule has 0 unspecified atom stereocenters. The van der Waals surface area contributed by atoms with Crippen molar-refractivity contribution in [1.29, 1.82) is 0 Å². The van der Waals surface area contributed by atoms with Crippen LogP contribution in [0.5, 0.6) is 5.75 Å². The summed E-state index contributed by atoms with van der Waals surface area (Å²) in [6.07, 6.45) is -0.512. The van der Waals surface area contributed by atoms with Gasteiger partial charge < -0.3 is 10.1 Å². The molecule has 0 aromatic heterocycles. The molecule has 2 aromatic rings. The normalized spacial score (nSPS) is 12.5. The number of hydrogen-bond donors (Lipinski definition) is 1.